The van der Waals surface area contributed by atoms with Crippen LogP contribution in [0.3, 0.4) is 0 Å². The molecule has 2 aromatic carbocycles. The second-order valence-corrected chi connectivity index (χ2v) is 5.21. The Labute approximate surface area is 139 Å². The number of carbonyl (C=O) groups is 2. The largest absolute Gasteiger partial charge is 0.378 e. The minimum Gasteiger partial charge on any atom is -0.378 e. The molecule has 0 unspecified atom stereocenters. The minimum atomic E-state index is -0.686. The van der Waals surface area contributed by atoms with Crippen LogP contribution in [0.2, 0.25) is 0 Å². The molecule has 2 aromatic rings. The van der Waals surface area contributed by atoms with Gasteiger partial charge in [-0.25, -0.2) is 10.9 Å². The Morgan fingerprint density at radius 3 is 2.25 bits per heavy atom. The summed E-state index contributed by atoms with van der Waals surface area (Å²) in [5.74, 6) is -1.14. The maximum atomic E-state index is 12.0. The summed E-state index contributed by atoms with van der Waals surface area (Å²) in [5.41, 5.74) is 6.26. The van der Waals surface area contributed by atoms with Crippen LogP contribution in [0.5, 0.6) is 0 Å². The molecule has 0 radical (unpaired) electrons. The zero-order valence-electron chi connectivity index (χ0n) is 13.4. The fourth-order valence-electron chi connectivity index (χ4n) is 1.95. The van der Waals surface area contributed by atoms with Crippen molar-refractivity contribution in [2.45, 2.75) is 0 Å². The second-order valence-electron chi connectivity index (χ2n) is 5.21. The highest BCUT2D eigenvalue weighted by molar-refractivity contribution is 5.99. The summed E-state index contributed by atoms with van der Waals surface area (Å²) in [6.45, 7) is 0. The van der Waals surface area contributed by atoms with Crippen molar-refractivity contribution in [3.63, 3.8) is 0 Å². The van der Waals surface area contributed by atoms with Crippen LogP contribution < -0.4 is 15.8 Å². The van der Waals surface area contributed by atoms with Crippen LogP contribution in [0.4, 0.5) is 5.69 Å². The number of nitrogens with one attached hydrogen (secondary N) is 2. The lowest BCUT2D eigenvalue weighted by Crippen LogP contribution is -2.21. The Kier molecular flexibility index (Phi) is 5.64. The number of benzene rings is 2. The number of hydrogen-bond acceptors (Lipinski definition) is 5. The predicted molar refractivity (Wildman–Crippen MR) is 91.5 cm³/mol. The molecule has 2 rings (SSSR count). The molecule has 0 aliphatic carbocycles. The van der Waals surface area contributed by atoms with Crippen molar-refractivity contribution >= 4 is 23.7 Å². The lowest BCUT2D eigenvalue weighted by Gasteiger charge is -2.11. The van der Waals surface area contributed by atoms with Gasteiger partial charge in [0.05, 0.1) is 6.21 Å². The first kappa shape index (κ1) is 17.2. The van der Waals surface area contributed by atoms with E-state index in [1.165, 1.54) is 23.8 Å². The average Bonchev–Trinajstić information content (AvgIpc) is 2.61. The maximum Gasteiger partial charge on any atom is 0.274 e. The lowest BCUT2D eigenvalue weighted by atomic mass is 10.1. The fourth-order valence-corrected chi connectivity index (χ4v) is 1.95. The van der Waals surface area contributed by atoms with Crippen molar-refractivity contribution < 1.29 is 14.8 Å². The third-order valence-corrected chi connectivity index (χ3v) is 3.28. The first-order chi connectivity index (χ1) is 11.5. The Morgan fingerprint density at radius 2 is 1.67 bits per heavy atom. The van der Waals surface area contributed by atoms with Gasteiger partial charge in [-0.1, -0.05) is 18.2 Å². The molecule has 0 saturated heterocycles. The second kappa shape index (κ2) is 7.89. The Balaban J connectivity index is 2.01. The normalized spacial score (nSPS) is 10.5. The minimum absolute atomic E-state index is 0.174. The third-order valence-electron chi connectivity index (χ3n) is 3.28. The van der Waals surface area contributed by atoms with Gasteiger partial charge in [0.2, 0.25) is 0 Å². The standard InChI is InChI=1S/C17H18N4O3/c1-21(2)15-8-6-12(7-9-15)11-18-19-16(22)13-4-3-5-14(10-13)17(23)20-24/h3-11,24H,1-2H3,(H,19,22)(H,20,23)/b18-11+. The molecule has 3 N–H and O–H groups in total. The number of hydroxylamine groups is 1. The average molecular weight is 326 g/mol. The van der Waals surface area contributed by atoms with Crippen molar-refractivity contribution in [3.05, 3.63) is 65.2 Å². The van der Waals surface area contributed by atoms with E-state index >= 15 is 0 Å². The first-order valence-electron chi connectivity index (χ1n) is 7.16. The summed E-state index contributed by atoms with van der Waals surface area (Å²) < 4.78 is 0. The highest BCUT2D eigenvalue weighted by atomic mass is 16.5. The van der Waals surface area contributed by atoms with Gasteiger partial charge in [0.15, 0.2) is 0 Å². The van der Waals surface area contributed by atoms with Crippen molar-refractivity contribution in [2.75, 3.05) is 19.0 Å². The van der Waals surface area contributed by atoms with Crippen molar-refractivity contribution in [3.8, 4) is 0 Å². The SMILES string of the molecule is CN(C)c1ccc(/C=N/NC(=O)c2cccc(C(=O)NO)c2)cc1. The summed E-state index contributed by atoms with van der Waals surface area (Å²) >= 11 is 0. The summed E-state index contributed by atoms with van der Waals surface area (Å²) in [6, 6.07) is 13.6. The number of hydrazone groups is 1. The van der Waals surface area contributed by atoms with Crippen LogP contribution >= 0.6 is 0 Å². The molecule has 0 heterocycles. The molecule has 0 fully saturated rings. The van der Waals surface area contributed by atoms with E-state index in [-0.39, 0.29) is 11.1 Å². The van der Waals surface area contributed by atoms with E-state index in [0.29, 0.717) is 0 Å². The molecule has 124 valence electrons. The Bertz CT molecular complexity index is 755. The van der Waals surface area contributed by atoms with Gasteiger partial charge in [0, 0.05) is 30.9 Å². The smallest absolute Gasteiger partial charge is 0.274 e. The van der Waals surface area contributed by atoms with Crippen molar-refractivity contribution in [1.82, 2.24) is 10.9 Å². The molecular weight excluding hydrogens is 308 g/mol. The zero-order chi connectivity index (χ0) is 17.5. The molecule has 0 spiro atoms. The van der Waals surface area contributed by atoms with E-state index in [4.69, 9.17) is 5.21 Å². The highest BCUT2D eigenvalue weighted by Gasteiger charge is 2.09. The van der Waals surface area contributed by atoms with Gasteiger partial charge in [-0.05, 0) is 35.9 Å². The molecule has 0 aliphatic rings. The molecule has 2 amide bonds. The van der Waals surface area contributed by atoms with Crippen LogP contribution in [0.15, 0.2) is 53.6 Å². The number of hydrogen-bond donors (Lipinski definition) is 3. The molecule has 0 aliphatic heterocycles. The monoisotopic (exact) mass is 326 g/mol. The number of carbonyl (C=O) groups excluding carboxylic acids is 2. The number of anilines is 1. The van der Waals surface area contributed by atoms with Crippen LogP contribution in [-0.4, -0.2) is 37.3 Å². The number of amides is 2. The Morgan fingerprint density at radius 1 is 1.04 bits per heavy atom. The van der Waals surface area contributed by atoms with E-state index in [1.54, 1.807) is 12.1 Å². The lowest BCUT2D eigenvalue weighted by molar-refractivity contribution is 0.0706. The van der Waals surface area contributed by atoms with Crippen LogP contribution in [0.25, 0.3) is 0 Å². The van der Waals surface area contributed by atoms with Gasteiger partial charge < -0.3 is 4.90 Å². The van der Waals surface area contributed by atoms with Crippen LogP contribution in [0, 0.1) is 0 Å². The van der Waals surface area contributed by atoms with Crippen molar-refractivity contribution in [2.24, 2.45) is 5.10 Å². The molecular formula is C17H18N4O3. The molecule has 0 bridgehead atoms. The molecule has 0 atom stereocenters. The first-order valence-corrected chi connectivity index (χ1v) is 7.16. The van der Waals surface area contributed by atoms with Crippen molar-refractivity contribution in [1.29, 1.82) is 0 Å². The van der Waals surface area contributed by atoms with Gasteiger partial charge >= 0.3 is 0 Å². The third kappa shape index (κ3) is 4.40. The van der Waals surface area contributed by atoms with Gasteiger partial charge in [-0.15, -0.1) is 0 Å². The van der Waals surface area contributed by atoms with Gasteiger partial charge in [0.25, 0.3) is 11.8 Å². The van der Waals surface area contributed by atoms with E-state index < -0.39 is 11.8 Å². The summed E-state index contributed by atoms with van der Waals surface area (Å²) in [4.78, 5) is 25.3. The van der Waals surface area contributed by atoms with E-state index in [9.17, 15) is 9.59 Å². The fraction of sp³-hybridized carbons (Fsp3) is 0.118. The molecule has 24 heavy (non-hydrogen) atoms. The van der Waals surface area contributed by atoms with E-state index in [2.05, 4.69) is 10.5 Å². The van der Waals surface area contributed by atoms with Gasteiger partial charge in [-0.2, -0.15) is 5.10 Å². The van der Waals surface area contributed by atoms with Gasteiger partial charge in [0.1, 0.15) is 0 Å². The van der Waals surface area contributed by atoms with Crippen LogP contribution in [-0.2, 0) is 0 Å². The molecule has 0 saturated carbocycles. The number of rotatable bonds is 5. The summed E-state index contributed by atoms with van der Waals surface area (Å²) in [6.07, 6.45) is 1.53. The molecule has 0 aromatic heterocycles. The quantitative estimate of drug-likeness (QED) is 0.442. The summed E-state index contributed by atoms with van der Waals surface area (Å²) in [5, 5.41) is 12.5. The highest BCUT2D eigenvalue weighted by Crippen LogP contribution is 2.11. The summed E-state index contributed by atoms with van der Waals surface area (Å²) in [7, 11) is 3.91. The van der Waals surface area contributed by atoms with Gasteiger partial charge in [-0.3, -0.25) is 14.8 Å². The predicted octanol–water partition coefficient (Wildman–Crippen LogP) is 1.64. The molecule has 7 heteroatoms. The van der Waals surface area contributed by atoms with Crippen LogP contribution in [0.1, 0.15) is 26.3 Å². The Hall–Kier alpha value is -3.19. The maximum absolute atomic E-state index is 12.0. The number of nitrogens with zero attached hydrogens (tertiary/aromatic N) is 2. The van der Waals surface area contributed by atoms with E-state index in [1.807, 2.05) is 43.3 Å². The topological polar surface area (TPSA) is 94.0 Å². The zero-order valence-corrected chi connectivity index (χ0v) is 13.4. The molecule has 7 nitrogen and oxygen atoms in total. The van der Waals surface area contributed by atoms with E-state index in [0.717, 1.165) is 11.3 Å².